The summed E-state index contributed by atoms with van der Waals surface area (Å²) in [7, 11) is 1.62. The van der Waals surface area contributed by atoms with Crippen LogP contribution in [0.2, 0.25) is 0 Å². The third-order valence-electron chi connectivity index (χ3n) is 4.29. The minimum absolute atomic E-state index is 0.101. The highest BCUT2D eigenvalue weighted by molar-refractivity contribution is 7.25. The Morgan fingerprint density at radius 1 is 1.17 bits per heavy atom. The molecular formula is C19H15N3OS. The molecule has 1 unspecified atom stereocenters. The van der Waals surface area contributed by atoms with Crippen LogP contribution in [-0.2, 0) is 4.79 Å². The second kappa shape index (κ2) is 5.36. The number of likely N-dealkylation sites (N-methyl/N-ethyl adjacent to an activating group) is 1. The van der Waals surface area contributed by atoms with Crippen LogP contribution in [0.15, 0.2) is 36.4 Å². The second-order valence-electron chi connectivity index (χ2n) is 5.77. The Morgan fingerprint density at radius 3 is 2.54 bits per heavy atom. The van der Waals surface area contributed by atoms with Crippen molar-refractivity contribution in [2.24, 2.45) is 0 Å². The highest BCUT2D eigenvalue weighted by atomic mass is 32.1. The van der Waals surface area contributed by atoms with Gasteiger partial charge in [-0.3, -0.25) is 15.1 Å². The molecule has 1 aliphatic heterocycles. The van der Waals surface area contributed by atoms with Crippen LogP contribution in [0.25, 0.3) is 20.2 Å². The minimum atomic E-state index is -0.486. The van der Waals surface area contributed by atoms with E-state index in [1.54, 1.807) is 18.4 Å². The molecule has 0 spiro atoms. The summed E-state index contributed by atoms with van der Waals surface area (Å²) in [4.78, 5) is 13.6. The number of amides is 1. The molecule has 1 fully saturated rings. The molecule has 2 heterocycles. The Morgan fingerprint density at radius 2 is 1.88 bits per heavy atom. The van der Waals surface area contributed by atoms with Crippen LogP contribution in [0.1, 0.15) is 24.1 Å². The SMILES string of the molecule is CC#Cc1ccc2sc3ccc(C4NC(=N)N(C)C4=O)cc3c2c1. The van der Waals surface area contributed by atoms with Gasteiger partial charge in [-0.2, -0.15) is 0 Å². The summed E-state index contributed by atoms with van der Waals surface area (Å²) < 4.78 is 2.39. The molecule has 1 amide bonds. The molecule has 4 nitrogen and oxygen atoms in total. The van der Waals surface area contributed by atoms with Gasteiger partial charge >= 0.3 is 0 Å². The summed E-state index contributed by atoms with van der Waals surface area (Å²) in [6.45, 7) is 1.83. The van der Waals surface area contributed by atoms with E-state index in [9.17, 15) is 4.79 Å². The topological polar surface area (TPSA) is 56.2 Å². The van der Waals surface area contributed by atoms with E-state index in [-0.39, 0.29) is 11.9 Å². The van der Waals surface area contributed by atoms with Crippen LogP contribution in [0.5, 0.6) is 0 Å². The van der Waals surface area contributed by atoms with Crippen molar-refractivity contribution in [1.82, 2.24) is 10.2 Å². The van der Waals surface area contributed by atoms with Crippen molar-refractivity contribution in [1.29, 1.82) is 5.41 Å². The molecule has 2 aromatic carbocycles. The van der Waals surface area contributed by atoms with E-state index in [1.165, 1.54) is 14.3 Å². The average molecular weight is 333 g/mol. The van der Waals surface area contributed by atoms with Gasteiger partial charge in [-0.05, 0) is 42.8 Å². The zero-order valence-corrected chi connectivity index (χ0v) is 14.1. The first-order valence-electron chi connectivity index (χ1n) is 7.60. The van der Waals surface area contributed by atoms with Gasteiger partial charge in [-0.25, -0.2) is 0 Å². The lowest BCUT2D eigenvalue weighted by Crippen LogP contribution is -2.26. The summed E-state index contributed by atoms with van der Waals surface area (Å²) in [5.41, 5.74) is 1.87. The highest BCUT2D eigenvalue weighted by Gasteiger charge is 2.34. The highest BCUT2D eigenvalue weighted by Crippen LogP contribution is 2.36. The van der Waals surface area contributed by atoms with Gasteiger partial charge in [0.1, 0.15) is 6.04 Å². The maximum atomic E-state index is 12.3. The summed E-state index contributed by atoms with van der Waals surface area (Å²) in [6, 6.07) is 11.8. The summed E-state index contributed by atoms with van der Waals surface area (Å²) >= 11 is 1.74. The molecule has 0 radical (unpaired) electrons. The molecular weight excluding hydrogens is 318 g/mol. The van der Waals surface area contributed by atoms with Gasteiger partial charge in [0.05, 0.1) is 0 Å². The standard InChI is InChI=1S/C19H15N3OS/c1-3-4-11-5-7-15-13(9-11)14-10-12(6-8-16(14)24-15)17-18(23)22(2)19(20)21-17/h5-10,17H,1-2H3,(H2,20,21). The molecule has 1 aromatic heterocycles. The average Bonchev–Trinajstić information content (AvgIpc) is 3.07. The Hall–Kier alpha value is -2.84. The molecule has 1 saturated heterocycles. The lowest BCUT2D eigenvalue weighted by Gasteiger charge is -2.09. The van der Waals surface area contributed by atoms with E-state index in [1.807, 2.05) is 19.1 Å². The fourth-order valence-electron chi connectivity index (χ4n) is 3.02. The first-order chi connectivity index (χ1) is 11.6. The number of carbonyl (C=O) groups is 1. The smallest absolute Gasteiger partial charge is 0.256 e. The van der Waals surface area contributed by atoms with Crippen LogP contribution in [-0.4, -0.2) is 23.8 Å². The number of nitrogens with zero attached hydrogens (tertiary/aromatic N) is 1. The van der Waals surface area contributed by atoms with Gasteiger partial charge in [-0.15, -0.1) is 17.3 Å². The van der Waals surface area contributed by atoms with Crippen LogP contribution in [0.3, 0.4) is 0 Å². The normalized spacial score (nSPS) is 17.2. The molecule has 0 aliphatic carbocycles. The number of benzene rings is 2. The number of thiophene rings is 1. The van der Waals surface area contributed by atoms with Crippen molar-refractivity contribution >= 4 is 43.4 Å². The lowest BCUT2D eigenvalue weighted by molar-refractivity contribution is -0.126. The Kier molecular flexibility index (Phi) is 3.29. The first-order valence-corrected chi connectivity index (χ1v) is 8.42. The van der Waals surface area contributed by atoms with Gasteiger partial charge in [0, 0.05) is 32.8 Å². The predicted molar refractivity (Wildman–Crippen MR) is 98.3 cm³/mol. The monoisotopic (exact) mass is 333 g/mol. The number of carbonyl (C=O) groups excluding carboxylic acids is 1. The van der Waals surface area contributed by atoms with Crippen LogP contribution >= 0.6 is 11.3 Å². The largest absolute Gasteiger partial charge is 0.340 e. The fourth-order valence-corrected chi connectivity index (χ4v) is 4.09. The van der Waals surface area contributed by atoms with E-state index in [0.717, 1.165) is 21.9 Å². The number of hydrogen-bond acceptors (Lipinski definition) is 3. The van der Waals surface area contributed by atoms with E-state index < -0.39 is 6.04 Å². The molecule has 0 saturated carbocycles. The number of fused-ring (bicyclic) bond motifs is 3. The second-order valence-corrected chi connectivity index (χ2v) is 6.85. The number of rotatable bonds is 1. The van der Waals surface area contributed by atoms with Crippen LogP contribution in [0, 0.1) is 17.3 Å². The van der Waals surface area contributed by atoms with E-state index >= 15 is 0 Å². The van der Waals surface area contributed by atoms with Crippen molar-refractivity contribution in [3.8, 4) is 11.8 Å². The fraction of sp³-hybridized carbons (Fsp3) is 0.158. The Balaban J connectivity index is 1.88. The molecule has 1 aliphatic rings. The van der Waals surface area contributed by atoms with Crippen LogP contribution < -0.4 is 5.32 Å². The first kappa shape index (κ1) is 14.7. The van der Waals surface area contributed by atoms with Crippen molar-refractivity contribution in [3.63, 3.8) is 0 Å². The Bertz CT molecular complexity index is 1070. The van der Waals surface area contributed by atoms with Crippen molar-refractivity contribution < 1.29 is 4.79 Å². The van der Waals surface area contributed by atoms with Gasteiger partial charge < -0.3 is 5.32 Å². The third-order valence-corrected chi connectivity index (χ3v) is 5.44. The number of nitrogens with one attached hydrogen (secondary N) is 2. The lowest BCUT2D eigenvalue weighted by atomic mass is 10.0. The maximum Gasteiger partial charge on any atom is 0.256 e. The van der Waals surface area contributed by atoms with Crippen molar-refractivity contribution in [3.05, 3.63) is 47.5 Å². The molecule has 0 bridgehead atoms. The van der Waals surface area contributed by atoms with Gasteiger partial charge in [0.2, 0.25) is 0 Å². The molecule has 3 aromatic rings. The molecule has 118 valence electrons. The third kappa shape index (κ3) is 2.15. The van der Waals surface area contributed by atoms with Crippen molar-refractivity contribution in [2.75, 3.05) is 7.05 Å². The van der Waals surface area contributed by atoms with Gasteiger partial charge in [0.25, 0.3) is 5.91 Å². The summed E-state index contributed by atoms with van der Waals surface area (Å²) in [5.74, 6) is 6.07. The quantitative estimate of drug-likeness (QED) is 0.670. The zero-order valence-electron chi connectivity index (χ0n) is 13.3. The molecule has 4 rings (SSSR count). The Labute approximate surface area is 143 Å². The summed E-state index contributed by atoms with van der Waals surface area (Å²) in [6.07, 6.45) is 0. The van der Waals surface area contributed by atoms with Crippen molar-refractivity contribution in [2.45, 2.75) is 13.0 Å². The van der Waals surface area contributed by atoms with Gasteiger partial charge in [-0.1, -0.05) is 12.0 Å². The summed E-state index contributed by atoms with van der Waals surface area (Å²) in [5, 5.41) is 13.0. The zero-order chi connectivity index (χ0) is 16.8. The maximum absolute atomic E-state index is 12.3. The van der Waals surface area contributed by atoms with E-state index in [4.69, 9.17) is 5.41 Å². The molecule has 2 N–H and O–H groups in total. The van der Waals surface area contributed by atoms with Crippen LogP contribution in [0.4, 0.5) is 0 Å². The minimum Gasteiger partial charge on any atom is -0.340 e. The van der Waals surface area contributed by atoms with Gasteiger partial charge in [0.15, 0.2) is 5.96 Å². The van der Waals surface area contributed by atoms with E-state index in [0.29, 0.717) is 0 Å². The van der Waals surface area contributed by atoms with E-state index in [2.05, 4.69) is 41.4 Å². The number of hydrogen-bond donors (Lipinski definition) is 2. The predicted octanol–water partition coefficient (Wildman–Crippen LogP) is 3.46. The molecule has 24 heavy (non-hydrogen) atoms. The molecule has 5 heteroatoms. The molecule has 1 atom stereocenters. The number of guanidine groups is 1.